The second-order valence-electron chi connectivity index (χ2n) is 12.4. The first-order chi connectivity index (χ1) is 29.8. The molecular formula is C40H33Cl4F4N5O10. The number of carbonyl (C=O) groups is 3. The van der Waals surface area contributed by atoms with E-state index in [4.69, 9.17) is 75.6 Å². The summed E-state index contributed by atoms with van der Waals surface area (Å²) in [5.41, 5.74) is -0.800. The van der Waals surface area contributed by atoms with Gasteiger partial charge in [-0.1, -0.05) is 34.8 Å². The van der Waals surface area contributed by atoms with Gasteiger partial charge in [0, 0.05) is 29.2 Å². The number of benzene rings is 3. The number of hydrogen-bond donors (Lipinski definition) is 2. The summed E-state index contributed by atoms with van der Waals surface area (Å²) in [5.74, 6) is -3.78. The lowest BCUT2D eigenvalue weighted by atomic mass is 10.1. The first-order valence-electron chi connectivity index (χ1n) is 17.9. The molecule has 23 heteroatoms. The Bertz CT molecular complexity index is 2640. The average molecular weight is 962 g/mol. The molecule has 2 atom stereocenters. The number of carboxylic acid groups (broad SMARTS) is 2. The summed E-state index contributed by atoms with van der Waals surface area (Å²) >= 11 is 23.5. The molecule has 2 N–H and O–H groups in total. The standard InChI is InChI=1S/C15H14Cl2F3N3O3.C14H11ClFNO4.C11H8ClNO3/c1-3-26-13(24)10(17)4-8-5-12(11(18)6-9(8)16)23-15(25)22(14(19)20)7(2)21-23;1-8(14(18)19)20-10-2-4-11(5-3-10)21-13-12(16)6-9(15)7-17-13;12-8-3-4-9(16-6-10(14)15)11-7(8)2-1-5-13-11/h5-6,10,14H,3-4H2,1-2H3;2-8H,1H3,(H,18,19);1-5H,6H2,(H,14,15)/t;8-;/m.1./s1. The number of pyridine rings is 2. The molecule has 6 rings (SSSR count). The zero-order valence-corrected chi connectivity index (χ0v) is 35.8. The van der Waals surface area contributed by atoms with E-state index < -0.39 is 59.9 Å². The van der Waals surface area contributed by atoms with Crippen molar-refractivity contribution in [1.82, 2.24) is 24.3 Å². The van der Waals surface area contributed by atoms with Gasteiger partial charge in [0.1, 0.15) is 39.7 Å². The molecule has 1 unspecified atom stereocenters. The number of aliphatic carboxylic acids is 2. The van der Waals surface area contributed by atoms with Crippen LogP contribution in [-0.2, 0) is 25.5 Å². The van der Waals surface area contributed by atoms with Gasteiger partial charge in [-0.3, -0.25) is 9.78 Å². The first kappa shape index (κ1) is 49.5. The number of esters is 1. The second-order valence-corrected chi connectivity index (χ2v) is 14.2. The third kappa shape index (κ3) is 13.7. The van der Waals surface area contributed by atoms with Crippen LogP contribution in [0.25, 0.3) is 16.6 Å². The van der Waals surface area contributed by atoms with E-state index in [1.54, 1.807) is 37.4 Å². The number of aromatic nitrogens is 5. The number of ether oxygens (including phenoxy) is 4. The Hall–Kier alpha value is -6.15. The molecule has 63 heavy (non-hydrogen) atoms. The summed E-state index contributed by atoms with van der Waals surface area (Å²) in [7, 11) is 0. The van der Waals surface area contributed by atoms with E-state index >= 15 is 0 Å². The lowest BCUT2D eigenvalue weighted by Gasteiger charge is -2.12. The molecule has 0 saturated heterocycles. The molecule has 0 saturated carbocycles. The number of halogens is 8. The average Bonchev–Trinajstić information content (AvgIpc) is 3.53. The molecule has 0 aliphatic rings. The van der Waals surface area contributed by atoms with Crippen molar-refractivity contribution in [1.29, 1.82) is 0 Å². The minimum atomic E-state index is -3.12. The lowest BCUT2D eigenvalue weighted by molar-refractivity contribution is -0.144. The van der Waals surface area contributed by atoms with E-state index in [1.807, 2.05) is 0 Å². The molecule has 0 bridgehead atoms. The van der Waals surface area contributed by atoms with Crippen LogP contribution in [0.15, 0.2) is 83.9 Å². The molecule has 3 aromatic carbocycles. The van der Waals surface area contributed by atoms with Gasteiger partial charge in [0.25, 0.3) is 5.88 Å². The van der Waals surface area contributed by atoms with Crippen molar-refractivity contribution in [3.63, 3.8) is 0 Å². The molecule has 0 radical (unpaired) electrons. The Morgan fingerprint density at radius 2 is 1.59 bits per heavy atom. The molecule has 15 nitrogen and oxygen atoms in total. The van der Waals surface area contributed by atoms with E-state index in [9.17, 15) is 36.7 Å². The fourth-order valence-corrected chi connectivity index (χ4v) is 5.88. The van der Waals surface area contributed by atoms with Gasteiger partial charge < -0.3 is 29.2 Å². The van der Waals surface area contributed by atoms with Gasteiger partial charge in [-0.2, -0.15) is 13.5 Å². The number of fused-ring (bicyclic) bond motifs is 1. The Kier molecular flexibility index (Phi) is 17.9. The number of hydrogen-bond acceptors (Lipinski definition) is 11. The quantitative estimate of drug-likeness (QED) is 0.0597. The molecule has 0 aliphatic carbocycles. The van der Waals surface area contributed by atoms with Gasteiger partial charge in [0.05, 0.1) is 16.7 Å². The van der Waals surface area contributed by atoms with Gasteiger partial charge >= 0.3 is 30.1 Å². The highest BCUT2D eigenvalue weighted by atomic mass is 35.5. The Balaban J connectivity index is 0.000000213. The van der Waals surface area contributed by atoms with Crippen LogP contribution in [0.1, 0.15) is 31.8 Å². The maximum atomic E-state index is 14.2. The van der Waals surface area contributed by atoms with Crippen molar-refractivity contribution in [2.24, 2.45) is 0 Å². The Morgan fingerprint density at radius 3 is 2.19 bits per heavy atom. The van der Waals surface area contributed by atoms with Crippen molar-refractivity contribution in [2.75, 3.05) is 13.2 Å². The van der Waals surface area contributed by atoms with Crippen molar-refractivity contribution in [2.45, 2.75) is 45.2 Å². The molecule has 0 spiro atoms. The number of nitrogens with zero attached hydrogens (tertiary/aromatic N) is 5. The van der Waals surface area contributed by atoms with Crippen LogP contribution >= 0.6 is 46.4 Å². The van der Waals surface area contributed by atoms with Crippen LogP contribution in [0.3, 0.4) is 0 Å². The van der Waals surface area contributed by atoms with Crippen LogP contribution < -0.4 is 19.9 Å². The first-order valence-corrected chi connectivity index (χ1v) is 19.5. The zero-order chi connectivity index (χ0) is 46.5. The van der Waals surface area contributed by atoms with Crippen LogP contribution in [0, 0.1) is 18.6 Å². The molecular weight excluding hydrogens is 928 g/mol. The maximum absolute atomic E-state index is 14.2. The molecule has 0 aliphatic heterocycles. The summed E-state index contributed by atoms with van der Waals surface area (Å²) in [5, 5.41) is 21.3. The highest BCUT2D eigenvalue weighted by molar-refractivity contribution is 6.35. The molecule has 3 aromatic heterocycles. The molecule has 0 amide bonds. The normalized spacial score (nSPS) is 11.7. The molecule has 0 fully saturated rings. The van der Waals surface area contributed by atoms with Crippen LogP contribution in [0.2, 0.25) is 15.1 Å². The van der Waals surface area contributed by atoms with Gasteiger partial charge in [-0.15, -0.1) is 16.7 Å². The van der Waals surface area contributed by atoms with Gasteiger partial charge in [0.15, 0.2) is 24.3 Å². The number of alkyl halides is 3. The SMILES string of the molecule is CCOC(=O)C(Cl)Cc1cc(-n2nc(C)n(C(F)F)c2=O)c(F)cc1Cl.C[C@@H](Oc1ccc(Oc2ncc(Cl)cc2F)cc1)C(=O)O.O=C(O)COc1ccc(Cl)c2cccnc12. The van der Waals surface area contributed by atoms with E-state index in [0.717, 1.165) is 23.6 Å². The summed E-state index contributed by atoms with van der Waals surface area (Å²) in [6.45, 7) is 0.826. The van der Waals surface area contributed by atoms with Gasteiger partial charge in [-0.25, -0.2) is 32.7 Å². The number of rotatable bonds is 14. The summed E-state index contributed by atoms with van der Waals surface area (Å²) in [6.07, 6.45) is 1.79. The second kappa shape index (κ2) is 22.8. The Morgan fingerprint density at radius 1 is 0.905 bits per heavy atom. The minimum absolute atomic E-state index is 0.0424. The number of carbonyl (C=O) groups excluding carboxylic acids is 1. The third-order valence-electron chi connectivity index (χ3n) is 7.96. The maximum Gasteiger partial charge on any atom is 0.355 e. The predicted octanol–water partition coefficient (Wildman–Crippen LogP) is 9.11. The molecule has 334 valence electrons. The smallest absolute Gasteiger partial charge is 0.355 e. The third-order valence-corrected chi connectivity index (χ3v) is 9.19. The summed E-state index contributed by atoms with van der Waals surface area (Å²) < 4.78 is 74.5. The molecule has 6 aromatic rings. The van der Waals surface area contributed by atoms with Crippen molar-refractivity contribution < 1.29 is 61.1 Å². The van der Waals surface area contributed by atoms with Crippen LogP contribution in [0.5, 0.6) is 23.1 Å². The number of carboxylic acids is 2. The van der Waals surface area contributed by atoms with Gasteiger partial charge in [-0.05, 0) is 93.1 Å². The fraction of sp³-hybridized carbons (Fsp3) is 0.225. The molecule has 3 heterocycles. The highest BCUT2D eigenvalue weighted by Crippen LogP contribution is 2.30. The zero-order valence-electron chi connectivity index (χ0n) is 32.8. The van der Waals surface area contributed by atoms with E-state index in [0.29, 0.717) is 32.5 Å². The van der Waals surface area contributed by atoms with Gasteiger partial charge in [0.2, 0.25) is 0 Å². The highest BCUT2D eigenvalue weighted by Gasteiger charge is 2.24. The van der Waals surface area contributed by atoms with E-state index in [2.05, 4.69) is 15.1 Å². The van der Waals surface area contributed by atoms with Crippen LogP contribution in [-0.4, -0.2) is 77.1 Å². The van der Waals surface area contributed by atoms with Crippen LogP contribution in [0.4, 0.5) is 17.6 Å². The number of aryl methyl sites for hydroxylation is 1. The minimum Gasteiger partial charge on any atom is -0.480 e. The topological polar surface area (TPSA) is 194 Å². The van der Waals surface area contributed by atoms with Crippen molar-refractivity contribution >= 4 is 75.2 Å². The monoisotopic (exact) mass is 959 g/mol. The largest absolute Gasteiger partial charge is 0.480 e. The van der Waals surface area contributed by atoms with E-state index in [-0.39, 0.29) is 50.6 Å². The summed E-state index contributed by atoms with van der Waals surface area (Å²) in [6, 6.07) is 16.0. The predicted molar refractivity (Wildman–Crippen MR) is 222 cm³/mol. The van der Waals surface area contributed by atoms with Crippen molar-refractivity contribution in [3.8, 4) is 28.8 Å². The Labute approximate surface area is 374 Å². The summed E-state index contributed by atoms with van der Waals surface area (Å²) in [4.78, 5) is 52.6. The lowest BCUT2D eigenvalue weighted by Crippen LogP contribution is -2.25. The van der Waals surface area contributed by atoms with Crippen molar-refractivity contribution in [3.05, 3.63) is 128 Å². The van der Waals surface area contributed by atoms with E-state index in [1.165, 1.54) is 44.3 Å². The fourth-order valence-electron chi connectivity index (χ4n) is 5.06.